The standard InChI is InChI=1S/C20H23N5O4S2/c1-12-7-4-5-9-16(12)21-18(26)20-23-22-19(30-20)15-8-6-10-25(11-15)31(27,28)17-13(2)24-29-14(17)3/h4-5,7,9,15H,6,8,10-11H2,1-3H3,(H,21,26). The van der Waals surface area contributed by atoms with Crippen LogP contribution in [0.25, 0.3) is 0 Å². The predicted octanol–water partition coefficient (Wildman–Crippen LogP) is 3.27. The molecule has 0 bridgehead atoms. The number of amides is 1. The van der Waals surface area contributed by atoms with Crippen molar-refractivity contribution in [3.8, 4) is 0 Å². The van der Waals surface area contributed by atoms with Gasteiger partial charge in [-0.05, 0) is 45.2 Å². The SMILES string of the molecule is Cc1ccccc1NC(=O)c1nnc(C2CCCN(S(=O)(=O)c3c(C)noc3C)C2)s1. The molecule has 11 heteroatoms. The van der Waals surface area contributed by atoms with Crippen LogP contribution in [0.15, 0.2) is 33.7 Å². The Hall–Kier alpha value is -2.63. The van der Waals surface area contributed by atoms with Gasteiger partial charge in [0, 0.05) is 24.7 Å². The molecule has 31 heavy (non-hydrogen) atoms. The van der Waals surface area contributed by atoms with E-state index >= 15 is 0 Å². The molecule has 1 aliphatic rings. The maximum Gasteiger partial charge on any atom is 0.286 e. The first-order chi connectivity index (χ1) is 14.8. The van der Waals surface area contributed by atoms with Crippen LogP contribution >= 0.6 is 11.3 Å². The van der Waals surface area contributed by atoms with Crippen molar-refractivity contribution in [2.75, 3.05) is 18.4 Å². The van der Waals surface area contributed by atoms with Gasteiger partial charge in [0.1, 0.15) is 15.6 Å². The van der Waals surface area contributed by atoms with Crippen LogP contribution < -0.4 is 5.32 Å². The second-order valence-electron chi connectivity index (χ2n) is 7.57. The van der Waals surface area contributed by atoms with Crippen LogP contribution in [0.2, 0.25) is 0 Å². The molecule has 1 saturated heterocycles. The lowest BCUT2D eigenvalue weighted by atomic mass is 10.0. The number of hydrogen-bond donors (Lipinski definition) is 1. The summed E-state index contributed by atoms with van der Waals surface area (Å²) >= 11 is 1.20. The summed E-state index contributed by atoms with van der Waals surface area (Å²) in [6, 6.07) is 7.49. The zero-order chi connectivity index (χ0) is 22.2. The van der Waals surface area contributed by atoms with E-state index in [1.54, 1.807) is 13.8 Å². The molecule has 1 N–H and O–H groups in total. The molecule has 9 nitrogen and oxygen atoms in total. The summed E-state index contributed by atoms with van der Waals surface area (Å²) < 4.78 is 32.8. The van der Waals surface area contributed by atoms with Gasteiger partial charge in [-0.25, -0.2) is 8.42 Å². The molecule has 3 aromatic rings. The first-order valence-electron chi connectivity index (χ1n) is 9.90. The van der Waals surface area contributed by atoms with Gasteiger partial charge in [0.05, 0.1) is 0 Å². The van der Waals surface area contributed by atoms with E-state index in [1.807, 2.05) is 31.2 Å². The average Bonchev–Trinajstić information content (AvgIpc) is 3.37. The Morgan fingerprint density at radius 2 is 2.00 bits per heavy atom. The fourth-order valence-corrected chi connectivity index (χ4v) is 6.39. The molecule has 1 aliphatic heterocycles. The minimum atomic E-state index is -3.72. The topological polar surface area (TPSA) is 118 Å². The number of nitrogens with zero attached hydrogens (tertiary/aromatic N) is 4. The highest BCUT2D eigenvalue weighted by Crippen LogP contribution is 2.33. The Balaban J connectivity index is 1.50. The number of para-hydroxylation sites is 1. The summed E-state index contributed by atoms with van der Waals surface area (Å²) in [5, 5.41) is 15.8. The number of carbonyl (C=O) groups excluding carboxylic acids is 1. The van der Waals surface area contributed by atoms with Crippen LogP contribution in [0.3, 0.4) is 0 Å². The molecule has 1 amide bonds. The third kappa shape index (κ3) is 4.25. The van der Waals surface area contributed by atoms with Crippen LogP contribution in [-0.4, -0.2) is 47.1 Å². The van der Waals surface area contributed by atoms with Crippen molar-refractivity contribution < 1.29 is 17.7 Å². The third-order valence-corrected chi connectivity index (χ3v) is 8.52. The number of aryl methyl sites for hydroxylation is 3. The zero-order valence-electron chi connectivity index (χ0n) is 17.5. The van der Waals surface area contributed by atoms with Gasteiger partial charge in [0.15, 0.2) is 5.76 Å². The van der Waals surface area contributed by atoms with Gasteiger partial charge in [-0.3, -0.25) is 4.79 Å². The molecular weight excluding hydrogens is 438 g/mol. The average molecular weight is 462 g/mol. The highest BCUT2D eigenvalue weighted by atomic mass is 32.2. The van der Waals surface area contributed by atoms with Gasteiger partial charge in [-0.2, -0.15) is 4.31 Å². The van der Waals surface area contributed by atoms with E-state index in [0.717, 1.165) is 17.7 Å². The maximum absolute atomic E-state index is 13.1. The maximum atomic E-state index is 13.1. The third-order valence-electron chi connectivity index (χ3n) is 5.33. The second-order valence-corrected chi connectivity index (χ2v) is 10.5. The van der Waals surface area contributed by atoms with Gasteiger partial charge in [-0.1, -0.05) is 34.7 Å². The molecule has 0 radical (unpaired) electrons. The van der Waals surface area contributed by atoms with Crippen molar-refractivity contribution in [2.45, 2.75) is 44.4 Å². The van der Waals surface area contributed by atoms with Gasteiger partial charge in [-0.15, -0.1) is 10.2 Å². The number of nitrogens with one attached hydrogen (secondary N) is 1. The van der Waals surface area contributed by atoms with E-state index < -0.39 is 10.0 Å². The van der Waals surface area contributed by atoms with Crippen LogP contribution in [-0.2, 0) is 10.0 Å². The number of rotatable bonds is 5. The first kappa shape index (κ1) is 21.6. The molecule has 2 aromatic heterocycles. The van der Waals surface area contributed by atoms with E-state index in [-0.39, 0.29) is 34.0 Å². The molecule has 1 atom stereocenters. The summed E-state index contributed by atoms with van der Waals surface area (Å²) in [7, 11) is -3.72. The lowest BCUT2D eigenvalue weighted by Gasteiger charge is -2.30. The Bertz CT molecular complexity index is 1200. The Labute approximate surface area is 184 Å². The van der Waals surface area contributed by atoms with Crippen molar-refractivity contribution in [3.63, 3.8) is 0 Å². The number of hydrogen-bond acceptors (Lipinski definition) is 8. The predicted molar refractivity (Wildman–Crippen MR) is 116 cm³/mol. The summed E-state index contributed by atoms with van der Waals surface area (Å²) in [6.07, 6.45) is 1.47. The molecule has 0 saturated carbocycles. The lowest BCUT2D eigenvalue weighted by molar-refractivity contribution is 0.102. The molecule has 1 aromatic carbocycles. The van der Waals surface area contributed by atoms with Crippen molar-refractivity contribution in [3.05, 3.63) is 51.3 Å². The van der Waals surface area contributed by atoms with E-state index in [4.69, 9.17) is 4.52 Å². The summed E-state index contributed by atoms with van der Waals surface area (Å²) in [5.74, 6) is -0.165. The quantitative estimate of drug-likeness (QED) is 0.619. The molecule has 4 rings (SSSR count). The summed E-state index contributed by atoms with van der Waals surface area (Å²) in [6.45, 7) is 5.83. The number of benzene rings is 1. The molecular formula is C20H23N5O4S2. The normalized spacial score (nSPS) is 17.6. The van der Waals surface area contributed by atoms with E-state index in [1.165, 1.54) is 15.6 Å². The van der Waals surface area contributed by atoms with Crippen molar-refractivity contribution in [1.29, 1.82) is 0 Å². The molecule has 164 valence electrons. The number of aromatic nitrogens is 3. The Morgan fingerprint density at radius 1 is 1.23 bits per heavy atom. The highest BCUT2D eigenvalue weighted by Gasteiger charge is 2.36. The number of anilines is 1. The first-order valence-corrected chi connectivity index (χ1v) is 12.2. The van der Waals surface area contributed by atoms with Gasteiger partial charge in [0.2, 0.25) is 15.0 Å². The minimum absolute atomic E-state index is 0.124. The largest absolute Gasteiger partial charge is 0.360 e. The fourth-order valence-electron chi connectivity index (χ4n) is 3.71. The monoisotopic (exact) mass is 461 g/mol. The second kappa shape index (κ2) is 8.48. The molecule has 1 fully saturated rings. The lowest BCUT2D eigenvalue weighted by Crippen LogP contribution is -2.39. The van der Waals surface area contributed by atoms with Gasteiger partial charge >= 0.3 is 0 Å². The summed E-state index contributed by atoms with van der Waals surface area (Å²) in [5.41, 5.74) is 2.03. The van der Waals surface area contributed by atoms with Crippen molar-refractivity contribution in [1.82, 2.24) is 19.7 Å². The van der Waals surface area contributed by atoms with E-state index in [2.05, 4.69) is 20.7 Å². The number of sulfonamides is 1. The molecule has 0 aliphatic carbocycles. The van der Waals surface area contributed by atoms with E-state index in [9.17, 15) is 13.2 Å². The van der Waals surface area contributed by atoms with Gasteiger partial charge < -0.3 is 9.84 Å². The number of piperidine rings is 1. The summed E-state index contributed by atoms with van der Waals surface area (Å²) in [4.78, 5) is 12.7. The van der Waals surface area contributed by atoms with Crippen LogP contribution in [0.5, 0.6) is 0 Å². The number of carbonyl (C=O) groups is 1. The van der Waals surface area contributed by atoms with E-state index in [0.29, 0.717) is 23.7 Å². The Morgan fingerprint density at radius 3 is 2.71 bits per heavy atom. The fraction of sp³-hybridized carbons (Fsp3) is 0.400. The van der Waals surface area contributed by atoms with Crippen LogP contribution in [0, 0.1) is 20.8 Å². The zero-order valence-corrected chi connectivity index (χ0v) is 19.1. The minimum Gasteiger partial charge on any atom is -0.360 e. The van der Waals surface area contributed by atoms with Crippen molar-refractivity contribution >= 4 is 33.0 Å². The highest BCUT2D eigenvalue weighted by molar-refractivity contribution is 7.89. The van der Waals surface area contributed by atoms with Crippen molar-refractivity contribution in [2.24, 2.45) is 0 Å². The van der Waals surface area contributed by atoms with Crippen LogP contribution in [0.4, 0.5) is 5.69 Å². The molecule has 1 unspecified atom stereocenters. The molecule has 3 heterocycles. The van der Waals surface area contributed by atoms with Gasteiger partial charge in [0.25, 0.3) is 5.91 Å². The molecule has 0 spiro atoms. The Kier molecular flexibility index (Phi) is 5.91. The van der Waals surface area contributed by atoms with Crippen LogP contribution in [0.1, 0.15) is 50.6 Å². The smallest absolute Gasteiger partial charge is 0.286 e.